The standard InChI is InChI=1S/C59H34/c1-2-21-39-35(17-1)36-18-3-8-26-44(36)55-45-27-9-5-22-40(45)49(33-51(39)55)50-34-54-56(46-28-10-6-23-41(46)50)57-47-29-11-4-19-37(47)38-20-7-12-30-48(38)58(57)59(54)52-31-15-13-24-42(52)43-25-14-16-32-53(43)59/h1-34H. The Morgan fingerprint density at radius 1 is 0.220 bits per heavy atom. The summed E-state index contributed by atoms with van der Waals surface area (Å²) in [5, 5.41) is 18.2. The highest BCUT2D eigenvalue weighted by molar-refractivity contribution is 6.34. The number of benzene rings is 12. The van der Waals surface area contributed by atoms with E-state index in [4.69, 9.17) is 0 Å². The summed E-state index contributed by atoms with van der Waals surface area (Å²) in [6.45, 7) is 0. The first-order valence-electron chi connectivity index (χ1n) is 20.8. The lowest BCUT2D eigenvalue weighted by molar-refractivity contribution is 0.803. The molecule has 0 heterocycles. The van der Waals surface area contributed by atoms with E-state index in [0.717, 1.165) is 0 Å². The van der Waals surface area contributed by atoms with Crippen LogP contribution >= 0.6 is 0 Å². The van der Waals surface area contributed by atoms with Crippen LogP contribution in [0.15, 0.2) is 206 Å². The zero-order chi connectivity index (χ0) is 38.4. The van der Waals surface area contributed by atoms with E-state index in [-0.39, 0.29) is 0 Å². The molecule has 0 atom stereocenters. The molecule has 0 unspecified atom stereocenters. The molecule has 14 rings (SSSR count). The Hall–Kier alpha value is -7.54. The fourth-order valence-electron chi connectivity index (χ4n) is 11.9. The van der Waals surface area contributed by atoms with Crippen LogP contribution in [-0.2, 0) is 5.41 Å². The Kier molecular flexibility index (Phi) is 6.05. The second kappa shape index (κ2) is 11.3. The average molecular weight is 743 g/mol. The second-order valence-electron chi connectivity index (χ2n) is 16.6. The molecule has 270 valence electrons. The normalized spacial score (nSPS) is 13.6. The quantitative estimate of drug-likeness (QED) is 0.147. The van der Waals surface area contributed by atoms with Gasteiger partial charge in [0.1, 0.15) is 0 Å². The molecule has 0 aliphatic heterocycles. The van der Waals surface area contributed by atoms with Crippen LogP contribution in [0.4, 0.5) is 0 Å². The monoisotopic (exact) mass is 742 g/mol. The van der Waals surface area contributed by atoms with Crippen molar-refractivity contribution < 1.29 is 0 Å². The summed E-state index contributed by atoms with van der Waals surface area (Å²) in [6, 6.07) is 78.2. The lowest BCUT2D eigenvalue weighted by atomic mass is 9.68. The second-order valence-corrected chi connectivity index (χ2v) is 16.6. The van der Waals surface area contributed by atoms with Gasteiger partial charge in [-0.05, 0) is 143 Å². The van der Waals surface area contributed by atoms with Crippen LogP contribution in [0.2, 0.25) is 0 Å². The molecular formula is C59H34. The van der Waals surface area contributed by atoms with Gasteiger partial charge in [-0.3, -0.25) is 0 Å². The van der Waals surface area contributed by atoms with Crippen molar-refractivity contribution in [2.75, 3.05) is 0 Å². The van der Waals surface area contributed by atoms with Crippen LogP contribution in [0.3, 0.4) is 0 Å². The maximum Gasteiger partial charge on any atom is 0.0732 e. The lowest BCUT2D eigenvalue weighted by Gasteiger charge is -2.32. The van der Waals surface area contributed by atoms with Crippen molar-refractivity contribution in [2.24, 2.45) is 0 Å². The van der Waals surface area contributed by atoms with Crippen LogP contribution in [0, 0.1) is 0 Å². The minimum absolute atomic E-state index is 0.532. The van der Waals surface area contributed by atoms with Gasteiger partial charge in [-0.2, -0.15) is 0 Å². The molecule has 0 heteroatoms. The number of hydrogen-bond donors (Lipinski definition) is 0. The van der Waals surface area contributed by atoms with Gasteiger partial charge in [-0.1, -0.05) is 194 Å². The summed E-state index contributed by atoms with van der Waals surface area (Å²) in [7, 11) is 0. The van der Waals surface area contributed by atoms with Crippen LogP contribution in [0.1, 0.15) is 22.3 Å². The minimum Gasteiger partial charge on any atom is -0.0619 e. The van der Waals surface area contributed by atoms with Gasteiger partial charge < -0.3 is 0 Å². The molecule has 1 spiro atoms. The van der Waals surface area contributed by atoms with Crippen LogP contribution in [-0.4, -0.2) is 0 Å². The molecule has 59 heavy (non-hydrogen) atoms. The summed E-state index contributed by atoms with van der Waals surface area (Å²) in [6.07, 6.45) is 0. The molecule has 0 amide bonds. The van der Waals surface area contributed by atoms with E-state index in [1.807, 2.05) is 0 Å². The molecule has 0 N–H and O–H groups in total. The number of hydrogen-bond acceptors (Lipinski definition) is 0. The molecule has 12 aromatic rings. The van der Waals surface area contributed by atoms with Gasteiger partial charge >= 0.3 is 0 Å². The molecule has 0 aromatic heterocycles. The van der Waals surface area contributed by atoms with Crippen LogP contribution in [0.25, 0.3) is 109 Å². The molecule has 0 fully saturated rings. The van der Waals surface area contributed by atoms with E-state index < -0.39 is 5.41 Å². The SMILES string of the molecule is c1ccc2c(c1)-c1ccccc1C21c2cc(-c3cc4c5ccccc5c5ccccc5c4c4ccccc34)c3ccccc3c2-c2c1c1ccccc1c1ccccc21. The Morgan fingerprint density at radius 2 is 0.576 bits per heavy atom. The van der Waals surface area contributed by atoms with E-state index >= 15 is 0 Å². The van der Waals surface area contributed by atoms with Gasteiger partial charge in [-0.15, -0.1) is 0 Å². The molecular weight excluding hydrogens is 709 g/mol. The van der Waals surface area contributed by atoms with E-state index in [1.165, 1.54) is 131 Å². The zero-order valence-corrected chi connectivity index (χ0v) is 32.1. The van der Waals surface area contributed by atoms with Gasteiger partial charge in [0.25, 0.3) is 0 Å². The highest BCUT2D eigenvalue weighted by Crippen LogP contribution is 2.67. The Bertz CT molecular complexity index is 3800. The van der Waals surface area contributed by atoms with Gasteiger partial charge in [0, 0.05) is 0 Å². The van der Waals surface area contributed by atoms with E-state index in [9.17, 15) is 0 Å². The first-order valence-corrected chi connectivity index (χ1v) is 20.8. The fourth-order valence-corrected chi connectivity index (χ4v) is 11.9. The van der Waals surface area contributed by atoms with Crippen molar-refractivity contribution >= 4 is 75.4 Å². The third-order valence-corrected chi connectivity index (χ3v) is 14.0. The number of rotatable bonds is 1. The van der Waals surface area contributed by atoms with Gasteiger partial charge in [0.2, 0.25) is 0 Å². The predicted octanol–water partition coefficient (Wildman–Crippen LogP) is 15.8. The van der Waals surface area contributed by atoms with Crippen molar-refractivity contribution in [3.8, 4) is 33.4 Å². The third kappa shape index (κ3) is 3.81. The van der Waals surface area contributed by atoms with Crippen molar-refractivity contribution in [2.45, 2.75) is 5.41 Å². The van der Waals surface area contributed by atoms with Crippen molar-refractivity contribution in [3.63, 3.8) is 0 Å². The van der Waals surface area contributed by atoms with Crippen LogP contribution < -0.4 is 0 Å². The molecule has 0 nitrogen and oxygen atoms in total. The molecule has 0 radical (unpaired) electrons. The highest BCUT2D eigenvalue weighted by atomic mass is 14.5. The van der Waals surface area contributed by atoms with E-state index in [1.54, 1.807) is 0 Å². The highest BCUT2D eigenvalue weighted by Gasteiger charge is 2.53. The van der Waals surface area contributed by atoms with Crippen LogP contribution in [0.5, 0.6) is 0 Å². The predicted molar refractivity (Wildman–Crippen MR) is 251 cm³/mol. The first kappa shape index (κ1) is 31.5. The van der Waals surface area contributed by atoms with Gasteiger partial charge in [0.15, 0.2) is 0 Å². The Morgan fingerprint density at radius 3 is 1.17 bits per heavy atom. The fraction of sp³-hybridized carbons (Fsp3) is 0.0169. The summed E-state index contributed by atoms with van der Waals surface area (Å²) < 4.78 is 0. The average Bonchev–Trinajstić information content (AvgIpc) is 3.79. The minimum atomic E-state index is -0.532. The zero-order valence-electron chi connectivity index (χ0n) is 32.1. The van der Waals surface area contributed by atoms with Crippen molar-refractivity contribution in [1.29, 1.82) is 0 Å². The molecule has 12 aromatic carbocycles. The smallest absolute Gasteiger partial charge is 0.0619 e. The molecule has 2 aliphatic carbocycles. The van der Waals surface area contributed by atoms with Crippen molar-refractivity contribution in [3.05, 3.63) is 229 Å². The van der Waals surface area contributed by atoms with Crippen molar-refractivity contribution in [1.82, 2.24) is 0 Å². The van der Waals surface area contributed by atoms with Gasteiger partial charge in [0.05, 0.1) is 5.41 Å². The Balaban J connectivity index is 1.23. The maximum absolute atomic E-state index is 2.62. The summed E-state index contributed by atoms with van der Waals surface area (Å²) >= 11 is 0. The molecule has 2 aliphatic rings. The summed E-state index contributed by atoms with van der Waals surface area (Å²) in [5.41, 5.74) is 12.9. The largest absolute Gasteiger partial charge is 0.0732 e. The Labute approximate surface area is 341 Å². The molecule has 0 saturated carbocycles. The molecule has 0 bridgehead atoms. The van der Waals surface area contributed by atoms with E-state index in [2.05, 4.69) is 206 Å². The number of fused-ring (bicyclic) bond motifs is 25. The maximum atomic E-state index is 2.62. The molecule has 0 saturated heterocycles. The third-order valence-electron chi connectivity index (χ3n) is 14.0. The first-order chi connectivity index (χ1) is 29.3. The summed E-state index contributed by atoms with van der Waals surface area (Å²) in [5.74, 6) is 0. The summed E-state index contributed by atoms with van der Waals surface area (Å²) in [4.78, 5) is 0. The van der Waals surface area contributed by atoms with Gasteiger partial charge in [-0.25, -0.2) is 0 Å². The topological polar surface area (TPSA) is 0 Å². The lowest BCUT2D eigenvalue weighted by Crippen LogP contribution is -2.26. The van der Waals surface area contributed by atoms with E-state index in [0.29, 0.717) is 0 Å².